The van der Waals surface area contributed by atoms with Gasteiger partial charge in [0.05, 0.1) is 20.8 Å². The number of hydrogen-bond acceptors (Lipinski definition) is 5. The predicted octanol–water partition coefficient (Wildman–Crippen LogP) is 3.85. The predicted molar refractivity (Wildman–Crippen MR) is 109 cm³/mol. The second kappa shape index (κ2) is 10.8. The molecule has 6 nitrogen and oxygen atoms in total. The highest BCUT2D eigenvalue weighted by atomic mass is 16.5. The summed E-state index contributed by atoms with van der Waals surface area (Å²) in [4.78, 5) is 23.5. The molecule has 0 aromatic heterocycles. The van der Waals surface area contributed by atoms with E-state index >= 15 is 0 Å². The number of benzene rings is 2. The maximum atomic E-state index is 12.2. The van der Waals surface area contributed by atoms with Crippen LogP contribution in [0, 0.1) is 0 Å². The average molecular weight is 383 g/mol. The Balaban J connectivity index is 1.88. The lowest BCUT2D eigenvalue weighted by atomic mass is 10.1. The van der Waals surface area contributed by atoms with Gasteiger partial charge in [-0.15, -0.1) is 0 Å². The number of methoxy groups -OCH3 is 2. The Morgan fingerprint density at radius 1 is 1.00 bits per heavy atom. The number of aryl methyl sites for hydroxylation is 1. The molecule has 1 N–H and O–H groups in total. The number of anilines is 1. The number of amides is 1. The zero-order valence-electron chi connectivity index (χ0n) is 16.4. The van der Waals surface area contributed by atoms with E-state index in [1.54, 1.807) is 45.4 Å². The van der Waals surface area contributed by atoms with Gasteiger partial charge >= 0.3 is 5.97 Å². The van der Waals surface area contributed by atoms with Crippen molar-refractivity contribution in [3.63, 3.8) is 0 Å². The Morgan fingerprint density at radius 3 is 2.21 bits per heavy atom. The van der Waals surface area contributed by atoms with Crippen molar-refractivity contribution in [2.45, 2.75) is 19.8 Å². The van der Waals surface area contributed by atoms with Crippen LogP contribution in [-0.2, 0) is 20.7 Å². The van der Waals surface area contributed by atoms with Gasteiger partial charge < -0.3 is 19.5 Å². The Labute approximate surface area is 165 Å². The van der Waals surface area contributed by atoms with Gasteiger partial charge in [0.1, 0.15) is 11.5 Å². The molecular formula is C22H25NO5. The molecule has 2 aromatic carbocycles. The summed E-state index contributed by atoms with van der Waals surface area (Å²) in [5.41, 5.74) is 2.50. The minimum atomic E-state index is -0.381. The normalized spacial score (nSPS) is 10.5. The molecular weight excluding hydrogens is 358 g/mol. The first-order valence-electron chi connectivity index (χ1n) is 9.00. The summed E-state index contributed by atoms with van der Waals surface area (Å²) in [5, 5.41) is 2.86. The second-order valence-corrected chi connectivity index (χ2v) is 5.98. The lowest BCUT2D eigenvalue weighted by molar-refractivity contribution is -0.137. The number of ether oxygens (including phenoxy) is 3. The van der Waals surface area contributed by atoms with Gasteiger partial charge in [0.25, 0.3) is 0 Å². The van der Waals surface area contributed by atoms with Gasteiger partial charge in [-0.3, -0.25) is 4.79 Å². The Bertz CT molecular complexity index is 805. The molecule has 0 aliphatic rings. The third-order valence-electron chi connectivity index (χ3n) is 3.94. The van der Waals surface area contributed by atoms with Crippen LogP contribution in [0.4, 0.5) is 5.69 Å². The highest BCUT2D eigenvalue weighted by Gasteiger charge is 2.06. The van der Waals surface area contributed by atoms with Crippen LogP contribution >= 0.6 is 0 Å². The topological polar surface area (TPSA) is 73.9 Å². The lowest BCUT2D eigenvalue weighted by Crippen LogP contribution is -2.12. The maximum Gasteiger partial charge on any atom is 0.330 e. The molecule has 0 aliphatic carbocycles. The summed E-state index contributed by atoms with van der Waals surface area (Å²) >= 11 is 0. The first kappa shape index (κ1) is 21.0. The van der Waals surface area contributed by atoms with Crippen LogP contribution in [0.15, 0.2) is 48.5 Å². The molecule has 0 unspecified atom stereocenters. The Kier molecular flexibility index (Phi) is 8.09. The standard InChI is InChI=1S/C22H25NO5/c1-4-28-22(25)12-8-16-5-9-18(10-6-16)23-21(24)11-7-17-13-19(26-2)15-20(14-17)27-3/h5-6,8-10,12-15H,4,7,11H2,1-3H3,(H,23,24)/b12-8+. The molecule has 28 heavy (non-hydrogen) atoms. The number of carbonyl (C=O) groups excluding carboxylic acids is 2. The van der Waals surface area contributed by atoms with E-state index in [1.165, 1.54) is 6.08 Å². The van der Waals surface area contributed by atoms with Crippen molar-refractivity contribution in [1.82, 2.24) is 0 Å². The van der Waals surface area contributed by atoms with Crippen molar-refractivity contribution in [1.29, 1.82) is 0 Å². The summed E-state index contributed by atoms with van der Waals surface area (Å²) in [5.74, 6) is 0.924. The van der Waals surface area contributed by atoms with E-state index in [0.717, 1.165) is 11.1 Å². The van der Waals surface area contributed by atoms with Gasteiger partial charge in [0.15, 0.2) is 0 Å². The van der Waals surface area contributed by atoms with Crippen molar-refractivity contribution < 1.29 is 23.8 Å². The minimum Gasteiger partial charge on any atom is -0.497 e. The molecule has 0 aliphatic heterocycles. The van der Waals surface area contributed by atoms with Crippen molar-refractivity contribution in [2.24, 2.45) is 0 Å². The zero-order valence-corrected chi connectivity index (χ0v) is 16.4. The fourth-order valence-electron chi connectivity index (χ4n) is 2.52. The van der Waals surface area contributed by atoms with Crippen LogP contribution < -0.4 is 14.8 Å². The smallest absolute Gasteiger partial charge is 0.330 e. The average Bonchev–Trinajstić information content (AvgIpc) is 2.71. The van der Waals surface area contributed by atoms with Gasteiger partial charge in [0.2, 0.25) is 5.91 Å². The second-order valence-electron chi connectivity index (χ2n) is 5.98. The van der Waals surface area contributed by atoms with Gasteiger partial charge in [-0.2, -0.15) is 0 Å². The lowest BCUT2D eigenvalue weighted by Gasteiger charge is -2.09. The van der Waals surface area contributed by atoms with Crippen molar-refractivity contribution >= 4 is 23.6 Å². The third-order valence-corrected chi connectivity index (χ3v) is 3.94. The molecule has 0 saturated carbocycles. The summed E-state index contributed by atoms with van der Waals surface area (Å²) in [6.45, 7) is 2.10. The van der Waals surface area contributed by atoms with Gasteiger partial charge in [-0.25, -0.2) is 4.79 Å². The molecule has 0 atom stereocenters. The van der Waals surface area contributed by atoms with Crippen molar-refractivity contribution in [3.05, 3.63) is 59.7 Å². The Hall–Kier alpha value is -3.28. The molecule has 0 heterocycles. The Morgan fingerprint density at radius 2 is 1.64 bits per heavy atom. The van der Waals surface area contributed by atoms with Crippen molar-refractivity contribution in [2.75, 3.05) is 26.1 Å². The number of nitrogens with one attached hydrogen (secondary N) is 1. The third kappa shape index (κ3) is 6.79. The summed E-state index contributed by atoms with van der Waals surface area (Å²) < 4.78 is 15.3. The van der Waals surface area contributed by atoms with Crippen molar-refractivity contribution in [3.8, 4) is 11.5 Å². The number of rotatable bonds is 9. The van der Waals surface area contributed by atoms with E-state index in [1.807, 2.05) is 24.3 Å². The molecule has 0 bridgehead atoms. The molecule has 2 aromatic rings. The first-order chi connectivity index (χ1) is 13.5. The van der Waals surface area contributed by atoms with Gasteiger partial charge in [-0.05, 0) is 54.8 Å². The SMILES string of the molecule is CCOC(=O)/C=C/c1ccc(NC(=O)CCc2cc(OC)cc(OC)c2)cc1. The van der Waals surface area contributed by atoms with Crippen LogP contribution in [-0.4, -0.2) is 32.7 Å². The maximum absolute atomic E-state index is 12.2. The van der Waals surface area contributed by atoms with E-state index < -0.39 is 0 Å². The number of esters is 1. The molecule has 2 rings (SSSR count). The van der Waals surface area contributed by atoms with E-state index in [0.29, 0.717) is 36.6 Å². The van der Waals surface area contributed by atoms with Crippen LogP contribution in [0.2, 0.25) is 0 Å². The summed E-state index contributed by atoms with van der Waals surface area (Å²) in [6, 6.07) is 12.8. The van der Waals surface area contributed by atoms with E-state index in [2.05, 4.69) is 5.32 Å². The quantitative estimate of drug-likeness (QED) is 0.526. The van der Waals surface area contributed by atoms with Gasteiger partial charge in [0, 0.05) is 24.3 Å². The number of carbonyl (C=O) groups is 2. The minimum absolute atomic E-state index is 0.0865. The number of hydrogen-bond donors (Lipinski definition) is 1. The summed E-state index contributed by atoms with van der Waals surface area (Å²) in [7, 11) is 3.19. The van der Waals surface area contributed by atoms with Crippen LogP contribution in [0.1, 0.15) is 24.5 Å². The molecule has 0 saturated heterocycles. The fraction of sp³-hybridized carbons (Fsp3) is 0.273. The van der Waals surface area contributed by atoms with E-state index in [9.17, 15) is 9.59 Å². The molecule has 0 radical (unpaired) electrons. The largest absolute Gasteiger partial charge is 0.497 e. The summed E-state index contributed by atoms with van der Waals surface area (Å²) in [6.07, 6.45) is 3.94. The monoisotopic (exact) mass is 383 g/mol. The molecule has 0 spiro atoms. The molecule has 1 amide bonds. The van der Waals surface area contributed by atoms with Crippen LogP contribution in [0.25, 0.3) is 6.08 Å². The fourth-order valence-corrected chi connectivity index (χ4v) is 2.52. The highest BCUT2D eigenvalue weighted by molar-refractivity contribution is 5.91. The zero-order chi connectivity index (χ0) is 20.4. The van der Waals surface area contributed by atoms with Gasteiger partial charge in [-0.1, -0.05) is 12.1 Å². The van der Waals surface area contributed by atoms with Crippen LogP contribution in [0.3, 0.4) is 0 Å². The molecule has 0 fully saturated rings. The van der Waals surface area contributed by atoms with Crippen LogP contribution in [0.5, 0.6) is 11.5 Å². The molecule has 148 valence electrons. The molecule has 6 heteroatoms. The first-order valence-corrected chi connectivity index (χ1v) is 9.00. The van der Waals surface area contributed by atoms with E-state index in [-0.39, 0.29) is 11.9 Å². The van der Waals surface area contributed by atoms with E-state index in [4.69, 9.17) is 14.2 Å². The highest BCUT2D eigenvalue weighted by Crippen LogP contribution is 2.23.